The van der Waals surface area contributed by atoms with Crippen molar-refractivity contribution in [2.24, 2.45) is 0 Å². The summed E-state index contributed by atoms with van der Waals surface area (Å²) >= 11 is 5.97. The Morgan fingerprint density at radius 2 is 1.88 bits per heavy atom. The molecule has 0 aliphatic heterocycles. The van der Waals surface area contributed by atoms with E-state index >= 15 is 0 Å². The molecule has 0 spiro atoms. The molecule has 0 aliphatic rings. The van der Waals surface area contributed by atoms with Crippen molar-refractivity contribution in [1.82, 2.24) is 4.72 Å². The van der Waals surface area contributed by atoms with Gasteiger partial charge in [0.2, 0.25) is 10.0 Å². The Kier molecular flexibility index (Phi) is 6.41. The minimum Gasteiger partial charge on any atom is -0.490 e. The lowest BCUT2D eigenvalue weighted by atomic mass is 10.2. The van der Waals surface area contributed by atoms with E-state index in [0.717, 1.165) is 5.56 Å². The summed E-state index contributed by atoms with van der Waals surface area (Å²) in [5.41, 5.74) is 0.954. The molecular weight excluding hydrogens is 366 g/mol. The van der Waals surface area contributed by atoms with Crippen molar-refractivity contribution in [3.63, 3.8) is 0 Å². The van der Waals surface area contributed by atoms with Crippen LogP contribution in [0.15, 0.2) is 47.4 Å². The number of hydrogen-bond donors (Lipinski definition) is 1. The molecule has 0 aromatic heterocycles. The highest BCUT2D eigenvalue weighted by molar-refractivity contribution is 7.89. The molecule has 6 nitrogen and oxygen atoms in total. The van der Waals surface area contributed by atoms with E-state index < -0.39 is 16.0 Å². The Balaban J connectivity index is 1.99. The molecule has 134 valence electrons. The van der Waals surface area contributed by atoms with Crippen molar-refractivity contribution in [3.8, 4) is 5.75 Å². The van der Waals surface area contributed by atoms with Gasteiger partial charge in [-0.25, -0.2) is 17.9 Å². The Labute approximate surface area is 151 Å². The minimum atomic E-state index is -3.68. The van der Waals surface area contributed by atoms with E-state index in [2.05, 4.69) is 4.72 Å². The predicted molar refractivity (Wildman–Crippen MR) is 94.7 cm³/mol. The third-order valence-corrected chi connectivity index (χ3v) is 5.15. The maximum absolute atomic E-state index is 12.1. The number of nitrogens with one attached hydrogen (secondary N) is 1. The second-order valence-corrected chi connectivity index (χ2v) is 7.39. The van der Waals surface area contributed by atoms with E-state index in [1.807, 2.05) is 31.2 Å². The lowest BCUT2D eigenvalue weighted by Crippen LogP contribution is -2.19. The first-order chi connectivity index (χ1) is 11.8. The monoisotopic (exact) mass is 383 g/mol. The summed E-state index contributed by atoms with van der Waals surface area (Å²) in [6.07, 6.45) is 0. The van der Waals surface area contributed by atoms with Crippen LogP contribution in [0.25, 0.3) is 0 Å². The Hall–Kier alpha value is -2.09. The standard InChI is InChI=1S/C17H18ClNO5S/c1-12-5-3-4-6-16(12)23-9-10-24-17(20)14-11-13(7-8-15(14)18)25(21,22)19-2/h3-8,11,19H,9-10H2,1-2H3. The molecule has 2 rings (SSSR count). The van der Waals surface area contributed by atoms with Crippen LogP contribution in [0.1, 0.15) is 15.9 Å². The average molecular weight is 384 g/mol. The SMILES string of the molecule is CNS(=O)(=O)c1ccc(Cl)c(C(=O)OCCOc2ccccc2C)c1. The minimum absolute atomic E-state index is 0.00645. The van der Waals surface area contributed by atoms with Crippen LogP contribution in [0, 0.1) is 6.92 Å². The molecule has 0 heterocycles. The molecule has 0 atom stereocenters. The Bertz CT molecular complexity index is 867. The van der Waals surface area contributed by atoms with Gasteiger partial charge in [0.15, 0.2) is 0 Å². The summed E-state index contributed by atoms with van der Waals surface area (Å²) in [4.78, 5) is 12.1. The first-order valence-electron chi connectivity index (χ1n) is 7.44. The summed E-state index contributed by atoms with van der Waals surface area (Å²) in [5.74, 6) is -0.00905. The van der Waals surface area contributed by atoms with Crippen molar-refractivity contribution in [1.29, 1.82) is 0 Å². The summed E-state index contributed by atoms with van der Waals surface area (Å²) in [5, 5.41) is 0.111. The van der Waals surface area contributed by atoms with Crippen LogP contribution >= 0.6 is 11.6 Å². The van der Waals surface area contributed by atoms with Gasteiger partial charge in [-0.15, -0.1) is 0 Å². The number of sulfonamides is 1. The van der Waals surface area contributed by atoms with Crippen molar-refractivity contribution in [2.45, 2.75) is 11.8 Å². The molecule has 2 aromatic rings. The van der Waals surface area contributed by atoms with Crippen molar-refractivity contribution in [2.75, 3.05) is 20.3 Å². The van der Waals surface area contributed by atoms with E-state index in [1.165, 1.54) is 25.2 Å². The zero-order chi connectivity index (χ0) is 18.4. The van der Waals surface area contributed by atoms with Crippen LogP contribution in [0.3, 0.4) is 0 Å². The quantitative estimate of drug-likeness (QED) is 0.587. The van der Waals surface area contributed by atoms with Crippen LogP contribution in [0.4, 0.5) is 0 Å². The number of benzene rings is 2. The summed E-state index contributed by atoms with van der Waals surface area (Å²) in [7, 11) is -2.40. The number of aryl methyl sites for hydroxylation is 1. The van der Waals surface area contributed by atoms with Gasteiger partial charge in [-0.2, -0.15) is 0 Å². The fraction of sp³-hybridized carbons (Fsp3) is 0.235. The first kappa shape index (κ1) is 19.2. The zero-order valence-electron chi connectivity index (χ0n) is 13.8. The van der Waals surface area contributed by atoms with Gasteiger partial charge in [0, 0.05) is 0 Å². The predicted octanol–water partition coefficient (Wildman–Crippen LogP) is 2.79. The molecule has 0 fully saturated rings. The van der Waals surface area contributed by atoms with Crippen molar-refractivity contribution < 1.29 is 22.7 Å². The molecule has 2 aromatic carbocycles. The van der Waals surface area contributed by atoms with E-state index in [-0.39, 0.29) is 28.7 Å². The lowest BCUT2D eigenvalue weighted by molar-refractivity contribution is 0.0450. The first-order valence-corrected chi connectivity index (χ1v) is 9.30. The smallest absolute Gasteiger partial charge is 0.339 e. The molecule has 0 radical (unpaired) electrons. The van der Waals surface area contributed by atoms with Gasteiger partial charge in [0.1, 0.15) is 19.0 Å². The molecular formula is C17H18ClNO5S. The Morgan fingerprint density at radius 1 is 1.16 bits per heavy atom. The molecule has 1 N–H and O–H groups in total. The van der Waals surface area contributed by atoms with Gasteiger partial charge in [-0.05, 0) is 43.8 Å². The van der Waals surface area contributed by atoms with E-state index in [1.54, 1.807) is 0 Å². The normalized spacial score (nSPS) is 11.2. The number of esters is 1. The van der Waals surface area contributed by atoms with Gasteiger partial charge in [0.25, 0.3) is 0 Å². The molecule has 25 heavy (non-hydrogen) atoms. The maximum atomic E-state index is 12.1. The number of ether oxygens (including phenoxy) is 2. The van der Waals surface area contributed by atoms with Gasteiger partial charge >= 0.3 is 5.97 Å². The number of rotatable bonds is 7. The van der Waals surface area contributed by atoms with Crippen LogP contribution < -0.4 is 9.46 Å². The van der Waals surface area contributed by atoms with Crippen LogP contribution in [0.2, 0.25) is 5.02 Å². The number of halogens is 1. The summed E-state index contributed by atoms with van der Waals surface area (Å²) in [6, 6.07) is 11.3. The van der Waals surface area contributed by atoms with Crippen molar-refractivity contribution in [3.05, 3.63) is 58.6 Å². The maximum Gasteiger partial charge on any atom is 0.339 e. The topological polar surface area (TPSA) is 81.7 Å². The number of para-hydroxylation sites is 1. The summed E-state index contributed by atoms with van der Waals surface area (Å²) < 4.78 is 36.4. The van der Waals surface area contributed by atoms with E-state index in [4.69, 9.17) is 21.1 Å². The third-order valence-electron chi connectivity index (χ3n) is 3.40. The van der Waals surface area contributed by atoms with Gasteiger partial charge < -0.3 is 9.47 Å². The lowest BCUT2D eigenvalue weighted by Gasteiger charge is -2.10. The fourth-order valence-electron chi connectivity index (χ4n) is 2.03. The van der Waals surface area contributed by atoms with Crippen molar-refractivity contribution >= 4 is 27.6 Å². The second kappa shape index (κ2) is 8.33. The zero-order valence-corrected chi connectivity index (χ0v) is 15.4. The molecule has 0 saturated heterocycles. The molecule has 0 bridgehead atoms. The molecule has 8 heteroatoms. The highest BCUT2D eigenvalue weighted by atomic mass is 35.5. The highest BCUT2D eigenvalue weighted by Gasteiger charge is 2.18. The highest BCUT2D eigenvalue weighted by Crippen LogP contribution is 2.21. The number of carbonyl (C=O) groups excluding carboxylic acids is 1. The molecule has 0 saturated carbocycles. The van der Waals surface area contributed by atoms with E-state index in [0.29, 0.717) is 5.75 Å². The van der Waals surface area contributed by atoms with Crippen LogP contribution in [0.5, 0.6) is 5.75 Å². The van der Waals surface area contributed by atoms with Crippen LogP contribution in [-0.2, 0) is 14.8 Å². The van der Waals surface area contributed by atoms with E-state index in [9.17, 15) is 13.2 Å². The van der Waals surface area contributed by atoms with Gasteiger partial charge in [-0.1, -0.05) is 29.8 Å². The van der Waals surface area contributed by atoms with Crippen LogP contribution in [-0.4, -0.2) is 34.6 Å². The second-order valence-electron chi connectivity index (χ2n) is 5.10. The Morgan fingerprint density at radius 3 is 2.56 bits per heavy atom. The largest absolute Gasteiger partial charge is 0.490 e. The molecule has 0 aliphatic carbocycles. The average Bonchev–Trinajstić information content (AvgIpc) is 2.60. The fourth-order valence-corrected chi connectivity index (χ4v) is 2.98. The molecule has 0 unspecified atom stereocenters. The number of carbonyl (C=O) groups is 1. The number of hydrogen-bond acceptors (Lipinski definition) is 5. The van der Waals surface area contributed by atoms with Gasteiger partial charge in [0.05, 0.1) is 15.5 Å². The molecule has 0 amide bonds. The van der Waals surface area contributed by atoms with Gasteiger partial charge in [-0.3, -0.25) is 0 Å². The third kappa shape index (κ3) is 4.94. The summed E-state index contributed by atoms with van der Waals surface area (Å²) in [6.45, 7) is 2.09.